The number of anilines is 1. The molecule has 0 aliphatic carbocycles. The number of halogens is 1. The molecule has 38 heavy (non-hydrogen) atoms. The summed E-state index contributed by atoms with van der Waals surface area (Å²) in [7, 11) is -3.72. The van der Waals surface area contributed by atoms with Gasteiger partial charge in [-0.05, 0) is 72.9 Å². The van der Waals surface area contributed by atoms with Crippen LogP contribution in [0.5, 0.6) is 0 Å². The number of sulfonamides is 1. The smallest absolute Gasteiger partial charge is 0.260 e. The maximum absolute atomic E-state index is 13.8. The molecule has 1 saturated heterocycles. The average molecular weight is 552 g/mol. The molecule has 2 aliphatic heterocycles. The number of fused-ring (bicyclic) bond motifs is 2. The van der Waals surface area contributed by atoms with Gasteiger partial charge in [-0.2, -0.15) is 4.31 Å². The van der Waals surface area contributed by atoms with E-state index in [1.54, 1.807) is 23.1 Å². The Balaban J connectivity index is 1.26. The minimum Gasteiger partial charge on any atom is -0.376 e. The van der Waals surface area contributed by atoms with Crippen molar-refractivity contribution in [2.24, 2.45) is 0 Å². The number of carbonyl (C=O) groups excluding carboxylic acids is 1. The molecule has 0 N–H and O–H groups in total. The highest BCUT2D eigenvalue weighted by atomic mass is 32.2. The SMILES string of the molecule is O=C(c1ccc(S(=O)(=O)N2CCc3ccccc3C2)cc1)N(CC1CCCO1)c1nc2ccc(F)cc2s1. The van der Waals surface area contributed by atoms with E-state index in [4.69, 9.17) is 4.74 Å². The molecular weight excluding hydrogens is 525 g/mol. The van der Waals surface area contributed by atoms with Gasteiger partial charge >= 0.3 is 0 Å². The van der Waals surface area contributed by atoms with Gasteiger partial charge in [-0.15, -0.1) is 0 Å². The summed E-state index contributed by atoms with van der Waals surface area (Å²) in [6, 6.07) is 18.3. The molecule has 6 rings (SSSR count). The molecule has 0 radical (unpaired) electrons. The Morgan fingerprint density at radius 2 is 1.89 bits per heavy atom. The van der Waals surface area contributed by atoms with Gasteiger partial charge in [-0.3, -0.25) is 9.69 Å². The van der Waals surface area contributed by atoms with Crippen LogP contribution in [-0.4, -0.2) is 49.4 Å². The van der Waals surface area contributed by atoms with E-state index in [2.05, 4.69) is 4.98 Å². The monoisotopic (exact) mass is 551 g/mol. The molecule has 1 aromatic heterocycles. The van der Waals surface area contributed by atoms with Crippen molar-refractivity contribution in [3.63, 3.8) is 0 Å². The van der Waals surface area contributed by atoms with Gasteiger partial charge in [0.15, 0.2) is 5.13 Å². The Bertz CT molecular complexity index is 1600. The topological polar surface area (TPSA) is 79.8 Å². The quantitative estimate of drug-likeness (QED) is 0.337. The lowest BCUT2D eigenvalue weighted by Crippen LogP contribution is -2.37. The lowest BCUT2D eigenvalue weighted by Gasteiger charge is -2.28. The predicted octanol–water partition coefficient (Wildman–Crippen LogP) is 5.01. The second-order valence-electron chi connectivity index (χ2n) is 9.54. The highest BCUT2D eigenvalue weighted by Gasteiger charge is 2.30. The second kappa shape index (κ2) is 10.2. The van der Waals surface area contributed by atoms with E-state index in [0.29, 0.717) is 53.6 Å². The fourth-order valence-electron chi connectivity index (χ4n) is 4.99. The Morgan fingerprint density at radius 1 is 1.11 bits per heavy atom. The summed E-state index contributed by atoms with van der Waals surface area (Å²) >= 11 is 1.24. The number of benzene rings is 3. The summed E-state index contributed by atoms with van der Waals surface area (Å²) in [4.78, 5) is 20.0. The van der Waals surface area contributed by atoms with Crippen LogP contribution >= 0.6 is 11.3 Å². The van der Waals surface area contributed by atoms with Crippen molar-refractivity contribution >= 4 is 42.6 Å². The maximum atomic E-state index is 13.8. The number of ether oxygens (including phenoxy) is 1. The maximum Gasteiger partial charge on any atom is 0.260 e. The van der Waals surface area contributed by atoms with Gasteiger partial charge in [-0.25, -0.2) is 17.8 Å². The van der Waals surface area contributed by atoms with Gasteiger partial charge < -0.3 is 4.74 Å². The Hall–Kier alpha value is -3.18. The zero-order chi connectivity index (χ0) is 26.3. The van der Waals surface area contributed by atoms with Crippen LogP contribution in [0.2, 0.25) is 0 Å². The van der Waals surface area contributed by atoms with E-state index >= 15 is 0 Å². The molecule has 0 bridgehead atoms. The molecule has 0 spiro atoms. The first-order valence-electron chi connectivity index (χ1n) is 12.5. The van der Waals surface area contributed by atoms with Crippen LogP contribution in [-0.2, 0) is 27.7 Å². The van der Waals surface area contributed by atoms with E-state index in [1.165, 1.54) is 45.5 Å². The standard InChI is InChI=1S/C28H26FN3O4S2/c29-22-9-12-25-26(16-22)37-28(30-25)32(18-23-6-3-15-36-23)27(33)20-7-10-24(11-8-20)38(34,35)31-14-13-19-4-1-2-5-21(19)17-31/h1-2,4-5,7-12,16,23H,3,6,13-15,17-18H2. The molecule has 4 aromatic rings. The van der Waals surface area contributed by atoms with Crippen LogP contribution in [0.15, 0.2) is 71.6 Å². The van der Waals surface area contributed by atoms with Crippen molar-refractivity contribution in [2.45, 2.75) is 36.8 Å². The van der Waals surface area contributed by atoms with Gasteiger partial charge in [0.2, 0.25) is 10.0 Å². The number of aromatic nitrogens is 1. The molecule has 1 atom stereocenters. The summed E-state index contributed by atoms with van der Waals surface area (Å²) in [5.41, 5.74) is 3.14. The van der Waals surface area contributed by atoms with Crippen LogP contribution < -0.4 is 4.90 Å². The van der Waals surface area contributed by atoms with Crippen molar-refractivity contribution in [3.05, 3.63) is 89.2 Å². The van der Waals surface area contributed by atoms with E-state index < -0.39 is 10.0 Å². The molecule has 196 valence electrons. The summed E-state index contributed by atoms with van der Waals surface area (Å²) in [6.45, 7) is 1.69. The summed E-state index contributed by atoms with van der Waals surface area (Å²) < 4.78 is 48.4. The lowest BCUT2D eigenvalue weighted by atomic mass is 10.0. The summed E-state index contributed by atoms with van der Waals surface area (Å²) in [6.07, 6.45) is 2.30. The lowest BCUT2D eigenvalue weighted by molar-refractivity contribution is 0.0917. The minimum absolute atomic E-state index is 0.121. The molecule has 0 saturated carbocycles. The van der Waals surface area contributed by atoms with Crippen molar-refractivity contribution in [1.29, 1.82) is 0 Å². The average Bonchev–Trinajstić information content (AvgIpc) is 3.60. The third kappa shape index (κ3) is 4.84. The molecule has 2 aliphatic rings. The fourth-order valence-corrected chi connectivity index (χ4v) is 7.41. The second-order valence-corrected chi connectivity index (χ2v) is 12.5. The van der Waals surface area contributed by atoms with Gasteiger partial charge in [0, 0.05) is 25.3 Å². The van der Waals surface area contributed by atoms with Gasteiger partial charge in [0.05, 0.1) is 27.8 Å². The minimum atomic E-state index is -3.72. The van der Waals surface area contributed by atoms with Crippen LogP contribution in [0.4, 0.5) is 9.52 Å². The number of nitrogens with zero attached hydrogens (tertiary/aromatic N) is 3. The number of carbonyl (C=O) groups is 1. The molecule has 1 unspecified atom stereocenters. The first kappa shape index (κ1) is 25.1. The largest absolute Gasteiger partial charge is 0.376 e. The molecule has 1 fully saturated rings. The highest BCUT2D eigenvalue weighted by Crippen LogP contribution is 2.32. The third-order valence-corrected chi connectivity index (χ3v) is 9.96. The van der Waals surface area contributed by atoms with Crippen LogP contribution in [0.1, 0.15) is 34.3 Å². The first-order chi connectivity index (χ1) is 18.4. The zero-order valence-corrected chi connectivity index (χ0v) is 22.2. The summed E-state index contributed by atoms with van der Waals surface area (Å²) in [5, 5.41) is 0.454. The van der Waals surface area contributed by atoms with Crippen molar-refractivity contribution in [3.8, 4) is 0 Å². The van der Waals surface area contributed by atoms with Gasteiger partial charge in [0.25, 0.3) is 5.91 Å². The normalized spacial score (nSPS) is 18.0. The van der Waals surface area contributed by atoms with Crippen LogP contribution in [0.25, 0.3) is 10.2 Å². The van der Waals surface area contributed by atoms with Crippen LogP contribution in [0, 0.1) is 5.82 Å². The first-order valence-corrected chi connectivity index (χ1v) is 14.8. The number of rotatable bonds is 6. The van der Waals surface area contributed by atoms with E-state index in [-0.39, 0.29) is 22.7 Å². The van der Waals surface area contributed by atoms with Gasteiger partial charge in [-0.1, -0.05) is 35.6 Å². The van der Waals surface area contributed by atoms with Crippen molar-refractivity contribution in [1.82, 2.24) is 9.29 Å². The molecule has 3 aromatic carbocycles. The third-order valence-electron chi connectivity index (χ3n) is 7.06. The highest BCUT2D eigenvalue weighted by molar-refractivity contribution is 7.89. The fraction of sp³-hybridized carbons (Fsp3) is 0.286. The van der Waals surface area contributed by atoms with Crippen LogP contribution in [0.3, 0.4) is 0 Å². The Morgan fingerprint density at radius 3 is 2.66 bits per heavy atom. The molecule has 7 nitrogen and oxygen atoms in total. The van der Waals surface area contributed by atoms with E-state index in [1.807, 2.05) is 24.3 Å². The number of thiazole rings is 1. The molecule has 1 amide bonds. The Labute approximate surface area is 224 Å². The van der Waals surface area contributed by atoms with Gasteiger partial charge in [0.1, 0.15) is 5.82 Å². The van der Waals surface area contributed by atoms with E-state index in [9.17, 15) is 17.6 Å². The zero-order valence-electron chi connectivity index (χ0n) is 20.5. The molecule has 3 heterocycles. The summed E-state index contributed by atoms with van der Waals surface area (Å²) in [5.74, 6) is -0.672. The Kier molecular flexibility index (Phi) is 6.73. The molecule has 10 heteroatoms. The molecular formula is C28H26FN3O4S2. The van der Waals surface area contributed by atoms with Crippen molar-refractivity contribution < 1.29 is 22.3 Å². The number of amides is 1. The number of hydrogen-bond donors (Lipinski definition) is 0. The number of hydrogen-bond acceptors (Lipinski definition) is 6. The van der Waals surface area contributed by atoms with E-state index in [0.717, 1.165) is 18.4 Å². The van der Waals surface area contributed by atoms with Crippen molar-refractivity contribution in [2.75, 3.05) is 24.6 Å². The predicted molar refractivity (Wildman–Crippen MR) is 144 cm³/mol.